The highest BCUT2D eigenvalue weighted by Crippen LogP contribution is 2.23. The standard InChI is InChI=1S/C11H9ClN2O2/c1-15-10-6-11(14-7-13-10)16-9-4-2-3-8(12)5-9/h2-7H,1H3. The zero-order valence-corrected chi connectivity index (χ0v) is 9.31. The Labute approximate surface area is 97.8 Å². The molecule has 0 aliphatic heterocycles. The molecule has 0 bridgehead atoms. The Balaban J connectivity index is 2.20. The van der Waals surface area contributed by atoms with Gasteiger partial charge in [0.15, 0.2) is 0 Å². The van der Waals surface area contributed by atoms with Gasteiger partial charge in [-0.05, 0) is 18.2 Å². The number of halogens is 1. The molecule has 1 heterocycles. The molecule has 2 rings (SSSR count). The molecule has 0 aliphatic rings. The van der Waals surface area contributed by atoms with E-state index in [2.05, 4.69) is 9.97 Å². The molecule has 0 spiro atoms. The summed E-state index contributed by atoms with van der Waals surface area (Å²) in [6, 6.07) is 8.67. The van der Waals surface area contributed by atoms with E-state index >= 15 is 0 Å². The largest absolute Gasteiger partial charge is 0.481 e. The van der Waals surface area contributed by atoms with Gasteiger partial charge in [-0.3, -0.25) is 0 Å². The summed E-state index contributed by atoms with van der Waals surface area (Å²) in [4.78, 5) is 7.83. The molecule has 0 radical (unpaired) electrons. The van der Waals surface area contributed by atoms with Crippen molar-refractivity contribution in [2.75, 3.05) is 7.11 Å². The fraction of sp³-hybridized carbons (Fsp3) is 0.0909. The number of hydrogen-bond acceptors (Lipinski definition) is 4. The molecule has 2 aromatic rings. The lowest BCUT2D eigenvalue weighted by Gasteiger charge is -2.05. The van der Waals surface area contributed by atoms with E-state index in [0.717, 1.165) is 0 Å². The van der Waals surface area contributed by atoms with E-state index < -0.39 is 0 Å². The van der Waals surface area contributed by atoms with Crippen molar-refractivity contribution in [2.45, 2.75) is 0 Å². The van der Waals surface area contributed by atoms with Crippen molar-refractivity contribution in [1.29, 1.82) is 0 Å². The molecule has 0 aliphatic carbocycles. The number of methoxy groups -OCH3 is 1. The molecular weight excluding hydrogens is 228 g/mol. The van der Waals surface area contributed by atoms with E-state index in [1.807, 2.05) is 0 Å². The first-order valence-electron chi connectivity index (χ1n) is 4.57. The van der Waals surface area contributed by atoms with E-state index in [0.29, 0.717) is 22.5 Å². The quantitative estimate of drug-likeness (QED) is 0.822. The Morgan fingerprint density at radius 1 is 1.12 bits per heavy atom. The first kappa shape index (κ1) is 10.7. The molecule has 0 unspecified atom stereocenters. The third kappa shape index (κ3) is 2.61. The van der Waals surface area contributed by atoms with Gasteiger partial charge >= 0.3 is 0 Å². The molecule has 82 valence electrons. The van der Waals surface area contributed by atoms with Crippen molar-refractivity contribution in [3.63, 3.8) is 0 Å². The van der Waals surface area contributed by atoms with Crippen molar-refractivity contribution >= 4 is 11.6 Å². The van der Waals surface area contributed by atoms with Gasteiger partial charge in [0.1, 0.15) is 12.1 Å². The third-order valence-electron chi connectivity index (χ3n) is 1.84. The maximum atomic E-state index is 5.83. The highest BCUT2D eigenvalue weighted by molar-refractivity contribution is 6.30. The molecule has 5 heteroatoms. The average molecular weight is 237 g/mol. The van der Waals surface area contributed by atoms with Crippen LogP contribution in [0.25, 0.3) is 0 Å². The average Bonchev–Trinajstić information content (AvgIpc) is 2.29. The van der Waals surface area contributed by atoms with Crippen molar-refractivity contribution in [2.24, 2.45) is 0 Å². The SMILES string of the molecule is COc1cc(Oc2cccc(Cl)c2)ncn1. The molecule has 0 amide bonds. The van der Waals surface area contributed by atoms with Crippen LogP contribution in [0.3, 0.4) is 0 Å². The Morgan fingerprint density at radius 3 is 2.69 bits per heavy atom. The van der Waals surface area contributed by atoms with Gasteiger partial charge in [0.2, 0.25) is 11.8 Å². The molecule has 4 nitrogen and oxygen atoms in total. The van der Waals surface area contributed by atoms with Gasteiger partial charge in [-0.25, -0.2) is 9.97 Å². The summed E-state index contributed by atoms with van der Waals surface area (Å²) in [5.74, 6) is 1.48. The van der Waals surface area contributed by atoms with E-state index in [1.165, 1.54) is 13.4 Å². The molecule has 0 atom stereocenters. The van der Waals surface area contributed by atoms with Gasteiger partial charge in [0.25, 0.3) is 0 Å². The van der Waals surface area contributed by atoms with Crippen molar-refractivity contribution in [3.8, 4) is 17.5 Å². The Hall–Kier alpha value is -1.81. The minimum atomic E-state index is 0.411. The van der Waals surface area contributed by atoms with Crippen molar-refractivity contribution < 1.29 is 9.47 Å². The van der Waals surface area contributed by atoms with Crippen LogP contribution in [0.15, 0.2) is 36.7 Å². The number of aromatic nitrogens is 2. The van der Waals surface area contributed by atoms with Gasteiger partial charge < -0.3 is 9.47 Å². The fourth-order valence-corrected chi connectivity index (χ4v) is 1.32. The first-order valence-corrected chi connectivity index (χ1v) is 4.95. The van der Waals surface area contributed by atoms with Gasteiger partial charge in [0.05, 0.1) is 13.2 Å². The second-order valence-electron chi connectivity index (χ2n) is 2.96. The summed E-state index contributed by atoms with van der Waals surface area (Å²) in [5.41, 5.74) is 0. The molecular formula is C11H9ClN2O2. The van der Waals surface area contributed by atoms with Crippen LogP contribution in [0.2, 0.25) is 5.02 Å². The summed E-state index contributed by atoms with van der Waals surface area (Å²) in [7, 11) is 1.53. The molecule has 16 heavy (non-hydrogen) atoms. The zero-order chi connectivity index (χ0) is 11.4. The third-order valence-corrected chi connectivity index (χ3v) is 2.08. The first-order chi connectivity index (χ1) is 7.78. The molecule has 0 saturated carbocycles. The van der Waals surface area contributed by atoms with Crippen LogP contribution in [0.5, 0.6) is 17.5 Å². The highest BCUT2D eigenvalue weighted by Gasteiger charge is 2.01. The highest BCUT2D eigenvalue weighted by atomic mass is 35.5. The van der Waals surface area contributed by atoms with Crippen LogP contribution in [-0.4, -0.2) is 17.1 Å². The predicted octanol–water partition coefficient (Wildman–Crippen LogP) is 2.93. The van der Waals surface area contributed by atoms with E-state index in [1.54, 1.807) is 30.3 Å². The summed E-state index contributed by atoms with van der Waals surface area (Å²) in [5, 5.41) is 0.610. The summed E-state index contributed by atoms with van der Waals surface area (Å²) in [6.07, 6.45) is 1.37. The van der Waals surface area contributed by atoms with Gasteiger partial charge in [-0.1, -0.05) is 17.7 Å². The van der Waals surface area contributed by atoms with Crippen LogP contribution in [0, 0.1) is 0 Å². The minimum Gasteiger partial charge on any atom is -0.481 e. The molecule has 1 aromatic heterocycles. The topological polar surface area (TPSA) is 44.2 Å². The van der Waals surface area contributed by atoms with Crippen LogP contribution in [0.4, 0.5) is 0 Å². The summed E-state index contributed by atoms with van der Waals surface area (Å²) >= 11 is 5.83. The van der Waals surface area contributed by atoms with Crippen molar-refractivity contribution in [1.82, 2.24) is 9.97 Å². The number of ether oxygens (including phenoxy) is 2. The molecule has 1 aromatic carbocycles. The maximum Gasteiger partial charge on any atom is 0.226 e. The molecule has 0 saturated heterocycles. The summed E-state index contributed by atoms with van der Waals surface area (Å²) in [6.45, 7) is 0. The number of nitrogens with zero attached hydrogens (tertiary/aromatic N) is 2. The lowest BCUT2D eigenvalue weighted by Crippen LogP contribution is -1.92. The lowest BCUT2D eigenvalue weighted by atomic mass is 10.3. The van der Waals surface area contributed by atoms with Gasteiger partial charge in [-0.15, -0.1) is 0 Å². The lowest BCUT2D eigenvalue weighted by molar-refractivity contribution is 0.388. The molecule has 0 N–H and O–H groups in total. The van der Waals surface area contributed by atoms with Gasteiger partial charge in [-0.2, -0.15) is 0 Å². The van der Waals surface area contributed by atoms with E-state index in [9.17, 15) is 0 Å². The van der Waals surface area contributed by atoms with Crippen molar-refractivity contribution in [3.05, 3.63) is 41.7 Å². The number of benzene rings is 1. The Morgan fingerprint density at radius 2 is 1.94 bits per heavy atom. The monoisotopic (exact) mass is 236 g/mol. The van der Waals surface area contributed by atoms with E-state index in [4.69, 9.17) is 21.1 Å². The van der Waals surface area contributed by atoms with E-state index in [-0.39, 0.29) is 0 Å². The molecule has 0 fully saturated rings. The van der Waals surface area contributed by atoms with Crippen LogP contribution >= 0.6 is 11.6 Å². The Kier molecular flexibility index (Phi) is 3.22. The number of hydrogen-bond donors (Lipinski definition) is 0. The van der Waals surface area contributed by atoms with Crippen LogP contribution in [-0.2, 0) is 0 Å². The van der Waals surface area contributed by atoms with Crippen LogP contribution < -0.4 is 9.47 Å². The minimum absolute atomic E-state index is 0.411. The normalized spacial score (nSPS) is 9.88. The number of rotatable bonds is 3. The Bertz CT molecular complexity index is 491. The maximum absolute atomic E-state index is 5.83. The second-order valence-corrected chi connectivity index (χ2v) is 3.39. The van der Waals surface area contributed by atoms with Gasteiger partial charge in [0, 0.05) is 5.02 Å². The predicted molar refractivity (Wildman–Crippen MR) is 60.1 cm³/mol. The van der Waals surface area contributed by atoms with Crippen LogP contribution in [0.1, 0.15) is 0 Å². The fourth-order valence-electron chi connectivity index (χ4n) is 1.14. The second kappa shape index (κ2) is 4.81. The zero-order valence-electron chi connectivity index (χ0n) is 8.55. The summed E-state index contributed by atoms with van der Waals surface area (Å²) < 4.78 is 10.4. The smallest absolute Gasteiger partial charge is 0.226 e.